The highest BCUT2D eigenvalue weighted by atomic mass is 16.2. The molecule has 1 rings (SSSR count). The number of nitrogens with two attached hydrogens (primary N) is 1. The van der Waals surface area contributed by atoms with Crippen molar-refractivity contribution in [3.8, 4) is 0 Å². The zero-order valence-electron chi connectivity index (χ0n) is 11.5. The fraction of sp³-hybridized carbons (Fsp3) is 0.929. The molecule has 100 valence electrons. The van der Waals surface area contributed by atoms with Crippen LogP contribution in [-0.4, -0.2) is 29.9 Å². The molecule has 3 nitrogen and oxygen atoms in total. The largest absolute Gasteiger partial charge is 0.341 e. The molecule has 0 radical (unpaired) electrons. The quantitative estimate of drug-likeness (QED) is 0.695. The highest BCUT2D eigenvalue weighted by Crippen LogP contribution is 2.17. The van der Waals surface area contributed by atoms with Crippen molar-refractivity contribution in [3.63, 3.8) is 0 Å². The topological polar surface area (TPSA) is 46.3 Å². The normalized spacial score (nSPS) is 25.4. The van der Waals surface area contributed by atoms with Crippen LogP contribution in [0.1, 0.15) is 58.8 Å². The van der Waals surface area contributed by atoms with E-state index in [-0.39, 0.29) is 11.9 Å². The van der Waals surface area contributed by atoms with Crippen LogP contribution in [0.3, 0.4) is 0 Å². The van der Waals surface area contributed by atoms with E-state index in [1.54, 1.807) is 0 Å². The fourth-order valence-corrected chi connectivity index (χ4v) is 2.59. The second kappa shape index (κ2) is 7.70. The Labute approximate surface area is 106 Å². The smallest absolute Gasteiger partial charge is 0.239 e. The minimum absolute atomic E-state index is 0.164. The minimum Gasteiger partial charge on any atom is -0.341 e. The molecule has 0 bridgehead atoms. The van der Waals surface area contributed by atoms with E-state index in [2.05, 4.69) is 13.8 Å². The SMILES string of the molecule is CCCCCCCCN1CC(C)C[C@H](N)C1=O. The highest BCUT2D eigenvalue weighted by Gasteiger charge is 2.29. The van der Waals surface area contributed by atoms with Crippen LogP contribution in [0.2, 0.25) is 0 Å². The maximum absolute atomic E-state index is 11.8. The third kappa shape index (κ3) is 5.07. The van der Waals surface area contributed by atoms with E-state index in [0.29, 0.717) is 5.92 Å². The van der Waals surface area contributed by atoms with Gasteiger partial charge in [0.1, 0.15) is 0 Å². The summed E-state index contributed by atoms with van der Waals surface area (Å²) < 4.78 is 0. The van der Waals surface area contributed by atoms with Crippen molar-refractivity contribution in [2.24, 2.45) is 11.7 Å². The summed E-state index contributed by atoms with van der Waals surface area (Å²) in [5.41, 5.74) is 5.84. The third-order valence-electron chi connectivity index (χ3n) is 3.60. The molecule has 0 aromatic rings. The Morgan fingerprint density at radius 2 is 1.88 bits per heavy atom. The Kier molecular flexibility index (Phi) is 6.56. The van der Waals surface area contributed by atoms with Crippen LogP contribution in [-0.2, 0) is 4.79 Å². The van der Waals surface area contributed by atoms with Gasteiger partial charge in [0.25, 0.3) is 0 Å². The first-order chi connectivity index (χ1) is 8.15. The zero-order valence-corrected chi connectivity index (χ0v) is 11.5. The summed E-state index contributed by atoms with van der Waals surface area (Å²) in [4.78, 5) is 13.8. The molecule has 0 aromatic carbocycles. The molecule has 0 aromatic heterocycles. The van der Waals surface area contributed by atoms with Gasteiger partial charge in [-0.3, -0.25) is 4.79 Å². The first-order valence-corrected chi connectivity index (χ1v) is 7.19. The number of rotatable bonds is 7. The van der Waals surface area contributed by atoms with Crippen LogP contribution >= 0.6 is 0 Å². The Morgan fingerprint density at radius 3 is 2.59 bits per heavy atom. The van der Waals surface area contributed by atoms with Crippen LogP contribution in [0.5, 0.6) is 0 Å². The van der Waals surface area contributed by atoms with Crippen molar-refractivity contribution in [3.05, 3.63) is 0 Å². The number of hydrogen-bond donors (Lipinski definition) is 1. The van der Waals surface area contributed by atoms with E-state index in [1.165, 1.54) is 32.1 Å². The second-order valence-corrected chi connectivity index (χ2v) is 5.50. The third-order valence-corrected chi connectivity index (χ3v) is 3.60. The standard InChI is InChI=1S/C14H28N2O/c1-3-4-5-6-7-8-9-16-11-12(2)10-13(15)14(16)17/h12-13H,3-11,15H2,1-2H3/t12?,13-/m0/s1. The maximum atomic E-state index is 11.8. The predicted molar refractivity (Wildman–Crippen MR) is 71.7 cm³/mol. The zero-order chi connectivity index (χ0) is 12.7. The van der Waals surface area contributed by atoms with Crippen molar-refractivity contribution < 1.29 is 4.79 Å². The lowest BCUT2D eigenvalue weighted by Gasteiger charge is -2.34. The number of amides is 1. The van der Waals surface area contributed by atoms with Gasteiger partial charge in [0.05, 0.1) is 6.04 Å². The average molecular weight is 240 g/mol. The highest BCUT2D eigenvalue weighted by molar-refractivity contribution is 5.82. The number of carbonyl (C=O) groups is 1. The lowest BCUT2D eigenvalue weighted by molar-refractivity contribution is -0.136. The lowest BCUT2D eigenvalue weighted by atomic mass is 9.95. The summed E-state index contributed by atoms with van der Waals surface area (Å²) in [5.74, 6) is 0.722. The number of piperidine rings is 1. The average Bonchev–Trinajstić information content (AvgIpc) is 2.29. The molecular formula is C14H28N2O. The summed E-state index contributed by atoms with van der Waals surface area (Å²) in [7, 11) is 0. The van der Waals surface area contributed by atoms with Gasteiger partial charge in [-0.25, -0.2) is 0 Å². The predicted octanol–water partition coefficient (Wildman–Crippen LogP) is 2.54. The van der Waals surface area contributed by atoms with Gasteiger partial charge in [-0.15, -0.1) is 0 Å². The van der Waals surface area contributed by atoms with Gasteiger partial charge < -0.3 is 10.6 Å². The molecule has 1 fully saturated rings. The van der Waals surface area contributed by atoms with Gasteiger partial charge in [0.15, 0.2) is 0 Å². The van der Waals surface area contributed by atoms with Crippen LogP contribution < -0.4 is 5.73 Å². The minimum atomic E-state index is -0.251. The van der Waals surface area contributed by atoms with Crippen LogP contribution in [0.15, 0.2) is 0 Å². The Bertz CT molecular complexity index is 230. The maximum Gasteiger partial charge on any atom is 0.239 e. The first-order valence-electron chi connectivity index (χ1n) is 7.19. The number of likely N-dealkylation sites (tertiary alicyclic amines) is 1. The molecular weight excluding hydrogens is 212 g/mol. The molecule has 1 amide bonds. The Hall–Kier alpha value is -0.570. The molecule has 1 unspecified atom stereocenters. The molecule has 0 aliphatic carbocycles. The van der Waals surface area contributed by atoms with E-state index in [1.807, 2.05) is 4.90 Å². The fourth-order valence-electron chi connectivity index (χ4n) is 2.59. The van der Waals surface area contributed by atoms with Gasteiger partial charge >= 0.3 is 0 Å². The first kappa shape index (κ1) is 14.5. The van der Waals surface area contributed by atoms with Crippen LogP contribution in [0, 0.1) is 5.92 Å². The van der Waals surface area contributed by atoms with Crippen molar-refractivity contribution in [2.45, 2.75) is 64.8 Å². The number of unbranched alkanes of at least 4 members (excludes halogenated alkanes) is 5. The van der Waals surface area contributed by atoms with Crippen LogP contribution in [0.4, 0.5) is 0 Å². The molecule has 0 saturated carbocycles. The monoisotopic (exact) mass is 240 g/mol. The van der Waals surface area contributed by atoms with Crippen molar-refractivity contribution in [2.75, 3.05) is 13.1 Å². The molecule has 1 aliphatic rings. The molecule has 2 atom stereocenters. The van der Waals surface area contributed by atoms with Gasteiger partial charge in [-0.05, 0) is 18.8 Å². The van der Waals surface area contributed by atoms with E-state index < -0.39 is 0 Å². The summed E-state index contributed by atoms with van der Waals surface area (Å²) in [6, 6.07) is -0.251. The molecule has 2 N–H and O–H groups in total. The Morgan fingerprint density at radius 1 is 1.24 bits per heavy atom. The molecule has 1 saturated heterocycles. The van der Waals surface area contributed by atoms with Gasteiger partial charge in [0.2, 0.25) is 5.91 Å². The summed E-state index contributed by atoms with van der Waals surface area (Å²) in [6.45, 7) is 6.22. The van der Waals surface area contributed by atoms with Crippen molar-refractivity contribution in [1.29, 1.82) is 0 Å². The lowest BCUT2D eigenvalue weighted by Crippen LogP contribution is -2.51. The molecule has 1 heterocycles. The number of hydrogen-bond acceptors (Lipinski definition) is 2. The van der Waals surface area contributed by atoms with Crippen LogP contribution in [0.25, 0.3) is 0 Å². The molecule has 0 spiro atoms. The van der Waals surface area contributed by atoms with Crippen molar-refractivity contribution >= 4 is 5.91 Å². The summed E-state index contributed by atoms with van der Waals surface area (Å²) >= 11 is 0. The number of carbonyl (C=O) groups excluding carboxylic acids is 1. The number of nitrogens with zero attached hydrogens (tertiary/aromatic N) is 1. The summed E-state index contributed by atoms with van der Waals surface area (Å²) in [6.07, 6.45) is 8.49. The van der Waals surface area contributed by atoms with Gasteiger partial charge in [0, 0.05) is 13.1 Å². The van der Waals surface area contributed by atoms with Crippen molar-refractivity contribution in [1.82, 2.24) is 4.90 Å². The molecule has 3 heteroatoms. The molecule has 1 aliphatic heterocycles. The Balaban J connectivity index is 2.15. The second-order valence-electron chi connectivity index (χ2n) is 5.50. The van der Waals surface area contributed by atoms with Gasteiger partial charge in [-0.1, -0.05) is 46.0 Å². The van der Waals surface area contributed by atoms with E-state index in [0.717, 1.165) is 25.9 Å². The van der Waals surface area contributed by atoms with E-state index in [9.17, 15) is 4.79 Å². The summed E-state index contributed by atoms with van der Waals surface area (Å²) in [5, 5.41) is 0. The van der Waals surface area contributed by atoms with E-state index in [4.69, 9.17) is 5.73 Å². The van der Waals surface area contributed by atoms with E-state index >= 15 is 0 Å². The molecule has 17 heavy (non-hydrogen) atoms. The van der Waals surface area contributed by atoms with Gasteiger partial charge in [-0.2, -0.15) is 0 Å².